The Bertz CT molecular complexity index is 1090. The van der Waals surface area contributed by atoms with Crippen LogP contribution in [0.2, 0.25) is 0 Å². The number of amides is 2. The predicted molar refractivity (Wildman–Crippen MR) is 119 cm³/mol. The van der Waals surface area contributed by atoms with Crippen molar-refractivity contribution >= 4 is 46.0 Å². The van der Waals surface area contributed by atoms with E-state index in [0.717, 1.165) is 4.88 Å². The first-order valence-corrected chi connectivity index (χ1v) is 12.1. The number of esters is 1. The van der Waals surface area contributed by atoms with Gasteiger partial charge in [-0.2, -0.15) is 0 Å². The summed E-state index contributed by atoms with van der Waals surface area (Å²) in [5.74, 6) is -1.55. The summed E-state index contributed by atoms with van der Waals surface area (Å²) in [7, 11) is 0. The molecule has 2 aliphatic heterocycles. The minimum absolute atomic E-state index is 0.0846. The molecule has 2 saturated heterocycles. The number of nitro benzene ring substituents is 1. The molecule has 2 aromatic rings. The summed E-state index contributed by atoms with van der Waals surface area (Å²) >= 11 is -0.193. The van der Waals surface area contributed by atoms with Crippen molar-refractivity contribution in [3.8, 4) is 0 Å². The monoisotopic (exact) mass is 491 g/mol. The van der Waals surface area contributed by atoms with E-state index in [1.54, 1.807) is 13.8 Å². The van der Waals surface area contributed by atoms with E-state index in [4.69, 9.17) is 4.74 Å². The van der Waals surface area contributed by atoms with Crippen LogP contribution < -0.4 is 5.32 Å². The lowest BCUT2D eigenvalue weighted by Crippen LogP contribution is -2.72. The summed E-state index contributed by atoms with van der Waals surface area (Å²) < 4.78 is 17.4. The summed E-state index contributed by atoms with van der Waals surface area (Å²) in [5, 5.41) is 14.5. The lowest BCUT2D eigenvalue weighted by Gasteiger charge is -2.41. The van der Waals surface area contributed by atoms with Gasteiger partial charge in [-0.05, 0) is 54.2 Å². The minimum atomic E-state index is -1.62. The maximum Gasteiger partial charge on any atom is 0.334 e. The number of nitro groups is 1. The second-order valence-corrected chi connectivity index (χ2v) is 11.4. The molecule has 0 bridgehead atoms. The molecular weight excluding hydrogens is 470 g/mol. The second-order valence-electron chi connectivity index (χ2n) is 8.27. The van der Waals surface area contributed by atoms with Gasteiger partial charge in [0.1, 0.15) is 6.61 Å². The van der Waals surface area contributed by atoms with Gasteiger partial charge in [0.05, 0.1) is 11.3 Å². The standard InChI is InChI=1S/C21H21N3O7S2/c1-21(2)17(20(27)31-11-12-5-7-13(8-6-12)24(28)29)23-18(26)16(19(23)33(21)30)22-15(25)10-14-4-3-9-32-14/h3-9,16-17,19H,10-11H2,1-2H3,(H,22,25)/t16?,17?,19-,33?/m0/s1. The summed E-state index contributed by atoms with van der Waals surface area (Å²) in [6.45, 7) is 3.10. The number of benzene rings is 1. The van der Waals surface area contributed by atoms with Crippen molar-refractivity contribution in [3.63, 3.8) is 0 Å². The van der Waals surface area contributed by atoms with Crippen LogP contribution >= 0.6 is 11.3 Å². The van der Waals surface area contributed by atoms with Gasteiger partial charge in [-0.15, -0.1) is 11.3 Å². The number of thiophene rings is 1. The van der Waals surface area contributed by atoms with Crippen LogP contribution in [0, 0.1) is 10.1 Å². The number of nitrogens with zero attached hydrogens (tertiary/aromatic N) is 2. The van der Waals surface area contributed by atoms with Crippen LogP contribution in [-0.2, 0) is 43.3 Å². The fourth-order valence-electron chi connectivity index (χ4n) is 4.02. The maximum atomic E-state index is 13.1. The number of carbonyl (C=O) groups excluding carboxylic acids is 3. The molecule has 3 heterocycles. The fraction of sp³-hybridized carbons (Fsp3) is 0.381. The van der Waals surface area contributed by atoms with E-state index in [2.05, 4.69) is 5.32 Å². The van der Waals surface area contributed by atoms with Gasteiger partial charge < -0.3 is 14.6 Å². The van der Waals surface area contributed by atoms with Crippen LogP contribution in [0.4, 0.5) is 5.69 Å². The van der Waals surface area contributed by atoms with Crippen molar-refractivity contribution in [1.82, 2.24) is 10.2 Å². The highest BCUT2D eigenvalue weighted by Gasteiger charge is 2.73. The van der Waals surface area contributed by atoms with Gasteiger partial charge >= 0.3 is 5.97 Å². The van der Waals surface area contributed by atoms with Crippen LogP contribution in [0.15, 0.2) is 41.8 Å². The second kappa shape index (κ2) is 8.76. The maximum absolute atomic E-state index is 13.1. The normalized spacial score (nSPS) is 25.2. The molecule has 2 amide bonds. The average Bonchev–Trinajstić information content (AvgIpc) is 3.34. The van der Waals surface area contributed by atoms with Gasteiger partial charge in [0.15, 0.2) is 16.8 Å². The Balaban J connectivity index is 1.41. The number of hydrogen-bond acceptors (Lipinski definition) is 8. The number of ether oxygens (including phenoxy) is 1. The first kappa shape index (κ1) is 23.2. The Morgan fingerprint density at radius 2 is 1.97 bits per heavy atom. The van der Waals surface area contributed by atoms with E-state index < -0.39 is 50.2 Å². The Hall–Kier alpha value is -2.96. The number of carbonyl (C=O) groups is 3. The number of rotatable bonds is 7. The van der Waals surface area contributed by atoms with E-state index in [9.17, 15) is 29.1 Å². The molecular formula is C21H21N3O7S2. The highest BCUT2D eigenvalue weighted by atomic mass is 32.2. The Labute approximate surface area is 196 Å². The summed E-state index contributed by atoms with van der Waals surface area (Å²) in [6.07, 6.45) is 0.116. The zero-order valence-corrected chi connectivity index (χ0v) is 19.4. The average molecular weight is 492 g/mol. The fourth-order valence-corrected chi connectivity index (χ4v) is 6.64. The quantitative estimate of drug-likeness (QED) is 0.203. The lowest BCUT2D eigenvalue weighted by atomic mass is 9.96. The van der Waals surface area contributed by atoms with E-state index in [0.29, 0.717) is 5.56 Å². The minimum Gasteiger partial charge on any atom is -0.614 e. The summed E-state index contributed by atoms with van der Waals surface area (Å²) in [6, 6.07) is 7.16. The van der Waals surface area contributed by atoms with Gasteiger partial charge in [0.2, 0.25) is 11.3 Å². The number of non-ortho nitro benzene ring substituents is 1. The van der Waals surface area contributed by atoms with Gasteiger partial charge in [-0.25, -0.2) is 4.79 Å². The molecule has 33 heavy (non-hydrogen) atoms. The van der Waals surface area contributed by atoms with Crippen molar-refractivity contribution in [3.05, 3.63) is 62.3 Å². The Morgan fingerprint density at radius 1 is 1.27 bits per heavy atom. The van der Waals surface area contributed by atoms with Gasteiger partial charge in [0, 0.05) is 17.0 Å². The summed E-state index contributed by atoms with van der Waals surface area (Å²) in [5.41, 5.74) is 0.453. The molecule has 1 aromatic heterocycles. The van der Waals surface area contributed by atoms with E-state index in [1.807, 2.05) is 17.5 Å². The number of nitrogens with one attached hydrogen (secondary N) is 1. The molecule has 3 unspecified atom stereocenters. The largest absolute Gasteiger partial charge is 0.614 e. The molecule has 10 nitrogen and oxygen atoms in total. The Morgan fingerprint density at radius 3 is 2.58 bits per heavy atom. The van der Waals surface area contributed by atoms with Gasteiger partial charge in [-0.3, -0.25) is 24.6 Å². The SMILES string of the molecule is CC1(C)C(C(=O)OCc2ccc([N+](=O)[O-])cc2)N2C(=O)C(NC(=O)Cc3cccs3)[C@@H]2[S+]1[O-]. The van der Waals surface area contributed by atoms with Crippen molar-refractivity contribution in [2.24, 2.45) is 0 Å². The third-order valence-corrected chi connectivity index (χ3v) is 8.81. The predicted octanol–water partition coefficient (Wildman–Crippen LogP) is 1.50. The molecule has 0 spiro atoms. The van der Waals surface area contributed by atoms with E-state index in [-0.39, 0.29) is 24.6 Å². The molecule has 12 heteroatoms. The molecule has 4 atom stereocenters. The smallest absolute Gasteiger partial charge is 0.334 e. The third-order valence-electron chi connectivity index (χ3n) is 5.74. The molecule has 1 N–H and O–H groups in total. The first-order valence-electron chi connectivity index (χ1n) is 10.1. The zero-order chi connectivity index (χ0) is 23.9. The lowest BCUT2D eigenvalue weighted by molar-refractivity contribution is -0.384. The zero-order valence-electron chi connectivity index (χ0n) is 17.8. The van der Waals surface area contributed by atoms with Crippen LogP contribution in [-0.4, -0.2) is 54.4 Å². The summed E-state index contributed by atoms with van der Waals surface area (Å²) in [4.78, 5) is 50.4. The van der Waals surface area contributed by atoms with Crippen molar-refractivity contribution in [1.29, 1.82) is 0 Å². The van der Waals surface area contributed by atoms with Crippen molar-refractivity contribution in [2.45, 2.75) is 49.1 Å². The molecule has 174 valence electrons. The number of fused-ring (bicyclic) bond motifs is 1. The van der Waals surface area contributed by atoms with Crippen LogP contribution in [0.3, 0.4) is 0 Å². The Kier molecular flexibility index (Phi) is 6.16. The van der Waals surface area contributed by atoms with E-state index >= 15 is 0 Å². The molecule has 0 saturated carbocycles. The van der Waals surface area contributed by atoms with Crippen LogP contribution in [0.25, 0.3) is 0 Å². The van der Waals surface area contributed by atoms with E-state index in [1.165, 1.54) is 40.5 Å². The topological polar surface area (TPSA) is 142 Å². The van der Waals surface area contributed by atoms with Gasteiger partial charge in [-0.1, -0.05) is 6.07 Å². The number of β-lactam (4-membered cyclic amide) rings is 1. The highest BCUT2D eigenvalue weighted by Crippen LogP contribution is 2.46. The van der Waals surface area contributed by atoms with Crippen molar-refractivity contribution in [2.75, 3.05) is 0 Å². The number of hydrogen-bond donors (Lipinski definition) is 1. The van der Waals surface area contributed by atoms with Crippen molar-refractivity contribution < 1.29 is 28.6 Å². The third kappa shape index (κ3) is 4.21. The van der Waals surface area contributed by atoms with Crippen LogP contribution in [0.1, 0.15) is 24.3 Å². The van der Waals surface area contributed by atoms with Gasteiger partial charge in [0.25, 0.3) is 11.6 Å². The first-order chi connectivity index (χ1) is 15.6. The molecule has 2 aliphatic rings. The molecule has 0 aliphatic carbocycles. The highest BCUT2D eigenvalue weighted by molar-refractivity contribution is 7.94. The molecule has 2 fully saturated rings. The molecule has 4 rings (SSSR count). The molecule has 0 radical (unpaired) electrons. The molecule has 1 aromatic carbocycles. The van der Waals surface area contributed by atoms with Crippen LogP contribution in [0.5, 0.6) is 0 Å².